The minimum atomic E-state index is 0.997. The van der Waals surface area contributed by atoms with Crippen LogP contribution in [-0.2, 0) is 0 Å². The summed E-state index contributed by atoms with van der Waals surface area (Å²) in [7, 11) is 0. The van der Waals surface area contributed by atoms with Gasteiger partial charge in [-0.1, -0.05) is 26.7 Å². The maximum atomic E-state index is 3.42. The number of rotatable bonds is 3. The fourth-order valence-corrected chi connectivity index (χ4v) is 2.27. The Morgan fingerprint density at radius 1 is 1.18 bits per heavy atom. The normalized spacial score (nSPS) is 21.0. The van der Waals surface area contributed by atoms with Gasteiger partial charge in [-0.05, 0) is 37.8 Å². The molecule has 1 rings (SSSR count). The van der Waals surface area contributed by atoms with Gasteiger partial charge in [0.25, 0.3) is 0 Å². The predicted molar refractivity (Wildman–Crippen MR) is 49.7 cm³/mol. The molecule has 0 aromatic heterocycles. The van der Waals surface area contributed by atoms with E-state index in [0.29, 0.717) is 0 Å². The summed E-state index contributed by atoms with van der Waals surface area (Å²) >= 11 is 0. The van der Waals surface area contributed by atoms with Gasteiger partial charge < -0.3 is 5.32 Å². The molecule has 1 heteroatoms. The van der Waals surface area contributed by atoms with E-state index < -0.39 is 0 Å². The van der Waals surface area contributed by atoms with Gasteiger partial charge in [-0.25, -0.2) is 0 Å². The highest BCUT2D eigenvalue weighted by molar-refractivity contribution is 4.74. The van der Waals surface area contributed by atoms with Crippen LogP contribution in [0.4, 0.5) is 0 Å². The molecule has 1 heterocycles. The second-order valence-electron chi connectivity index (χ2n) is 3.66. The van der Waals surface area contributed by atoms with Crippen molar-refractivity contribution in [1.82, 2.24) is 5.32 Å². The molecule has 0 unspecified atom stereocenters. The lowest BCUT2D eigenvalue weighted by Crippen LogP contribution is -2.31. The third-order valence-electron chi connectivity index (χ3n) is 3.10. The molecular weight excluding hydrogens is 134 g/mol. The van der Waals surface area contributed by atoms with Crippen LogP contribution in [0.1, 0.15) is 39.5 Å². The van der Waals surface area contributed by atoms with Gasteiger partial charge in [-0.2, -0.15) is 0 Å². The smallest absolute Gasteiger partial charge is 0.00462 e. The molecule has 1 N–H and O–H groups in total. The van der Waals surface area contributed by atoms with Crippen LogP contribution >= 0.6 is 0 Å². The first-order valence-electron chi connectivity index (χ1n) is 5.09. The summed E-state index contributed by atoms with van der Waals surface area (Å²) in [5, 5.41) is 3.42. The zero-order valence-electron chi connectivity index (χ0n) is 7.90. The van der Waals surface area contributed by atoms with E-state index in [-0.39, 0.29) is 0 Å². The van der Waals surface area contributed by atoms with Gasteiger partial charge in [0.15, 0.2) is 0 Å². The van der Waals surface area contributed by atoms with E-state index in [2.05, 4.69) is 19.2 Å². The van der Waals surface area contributed by atoms with Crippen LogP contribution < -0.4 is 5.32 Å². The standard InChI is InChI=1S/C10H21N/c1-3-9(4-2)10-5-7-11-8-6-10/h9-11H,3-8H2,1-2H3. The SMILES string of the molecule is CCC(CC)C1CCNCC1. The molecule has 0 amide bonds. The average Bonchev–Trinajstić information content (AvgIpc) is 2.09. The maximum absolute atomic E-state index is 3.42. The topological polar surface area (TPSA) is 12.0 Å². The zero-order valence-corrected chi connectivity index (χ0v) is 7.90. The Labute approximate surface area is 70.6 Å². The molecule has 11 heavy (non-hydrogen) atoms. The van der Waals surface area contributed by atoms with Gasteiger partial charge in [0.2, 0.25) is 0 Å². The highest BCUT2D eigenvalue weighted by Gasteiger charge is 2.19. The van der Waals surface area contributed by atoms with E-state index in [1.165, 1.54) is 38.8 Å². The molecule has 0 radical (unpaired) electrons. The van der Waals surface area contributed by atoms with Crippen molar-refractivity contribution in [1.29, 1.82) is 0 Å². The van der Waals surface area contributed by atoms with Crippen LogP contribution in [0.5, 0.6) is 0 Å². The van der Waals surface area contributed by atoms with Crippen molar-refractivity contribution >= 4 is 0 Å². The lowest BCUT2D eigenvalue weighted by molar-refractivity contribution is 0.246. The van der Waals surface area contributed by atoms with Gasteiger partial charge in [-0.15, -0.1) is 0 Å². The Kier molecular flexibility index (Phi) is 3.92. The summed E-state index contributed by atoms with van der Waals surface area (Å²) in [6, 6.07) is 0. The Balaban J connectivity index is 2.30. The van der Waals surface area contributed by atoms with E-state index in [1.54, 1.807) is 0 Å². The Morgan fingerprint density at radius 3 is 2.18 bits per heavy atom. The molecule has 0 spiro atoms. The van der Waals surface area contributed by atoms with Crippen LogP contribution in [0.3, 0.4) is 0 Å². The molecule has 1 fully saturated rings. The zero-order chi connectivity index (χ0) is 8.10. The Morgan fingerprint density at radius 2 is 1.73 bits per heavy atom. The molecule has 0 bridgehead atoms. The van der Waals surface area contributed by atoms with E-state index >= 15 is 0 Å². The largest absolute Gasteiger partial charge is 0.317 e. The minimum Gasteiger partial charge on any atom is -0.317 e. The fourth-order valence-electron chi connectivity index (χ4n) is 2.27. The Hall–Kier alpha value is -0.0400. The third-order valence-corrected chi connectivity index (χ3v) is 3.10. The number of hydrogen-bond acceptors (Lipinski definition) is 1. The molecule has 66 valence electrons. The van der Waals surface area contributed by atoms with Crippen LogP contribution in [-0.4, -0.2) is 13.1 Å². The molecule has 0 aliphatic carbocycles. The molecule has 1 nitrogen and oxygen atoms in total. The van der Waals surface area contributed by atoms with E-state index in [4.69, 9.17) is 0 Å². The van der Waals surface area contributed by atoms with Crippen molar-refractivity contribution in [3.63, 3.8) is 0 Å². The summed E-state index contributed by atoms with van der Waals surface area (Å²) in [5.41, 5.74) is 0. The summed E-state index contributed by atoms with van der Waals surface area (Å²) in [5.74, 6) is 2.02. The number of nitrogens with one attached hydrogen (secondary N) is 1. The minimum absolute atomic E-state index is 0.997. The molecular formula is C10H21N. The highest BCUT2D eigenvalue weighted by Crippen LogP contribution is 2.26. The second kappa shape index (κ2) is 4.76. The van der Waals surface area contributed by atoms with Gasteiger partial charge >= 0.3 is 0 Å². The van der Waals surface area contributed by atoms with E-state index in [1.807, 2.05) is 0 Å². The molecule has 1 aliphatic heterocycles. The van der Waals surface area contributed by atoms with Gasteiger partial charge in [-0.3, -0.25) is 0 Å². The van der Waals surface area contributed by atoms with Gasteiger partial charge in [0.1, 0.15) is 0 Å². The summed E-state index contributed by atoms with van der Waals surface area (Å²) in [6.07, 6.45) is 5.57. The van der Waals surface area contributed by atoms with E-state index in [0.717, 1.165) is 11.8 Å². The van der Waals surface area contributed by atoms with Crippen molar-refractivity contribution in [3.8, 4) is 0 Å². The van der Waals surface area contributed by atoms with Crippen molar-refractivity contribution < 1.29 is 0 Å². The van der Waals surface area contributed by atoms with Gasteiger partial charge in [0, 0.05) is 0 Å². The second-order valence-corrected chi connectivity index (χ2v) is 3.66. The summed E-state index contributed by atoms with van der Waals surface area (Å²) < 4.78 is 0. The number of piperidine rings is 1. The number of hydrogen-bond donors (Lipinski definition) is 1. The van der Waals surface area contributed by atoms with Crippen LogP contribution in [0.25, 0.3) is 0 Å². The maximum Gasteiger partial charge on any atom is -0.00462 e. The van der Waals surface area contributed by atoms with E-state index in [9.17, 15) is 0 Å². The molecule has 1 aliphatic rings. The molecule has 0 atom stereocenters. The monoisotopic (exact) mass is 155 g/mol. The first-order valence-corrected chi connectivity index (χ1v) is 5.09. The lowest BCUT2D eigenvalue weighted by atomic mass is 9.82. The van der Waals surface area contributed by atoms with Crippen LogP contribution in [0, 0.1) is 11.8 Å². The quantitative estimate of drug-likeness (QED) is 0.660. The molecule has 0 aromatic rings. The molecule has 0 saturated carbocycles. The lowest BCUT2D eigenvalue weighted by Gasteiger charge is -2.29. The fraction of sp³-hybridized carbons (Fsp3) is 1.00. The van der Waals surface area contributed by atoms with Crippen molar-refractivity contribution in [2.24, 2.45) is 11.8 Å². The first-order chi connectivity index (χ1) is 5.38. The third kappa shape index (κ3) is 2.48. The Bertz CT molecular complexity index is 91.0. The van der Waals surface area contributed by atoms with Crippen LogP contribution in [0.2, 0.25) is 0 Å². The molecule has 1 saturated heterocycles. The van der Waals surface area contributed by atoms with Crippen molar-refractivity contribution in [2.45, 2.75) is 39.5 Å². The average molecular weight is 155 g/mol. The van der Waals surface area contributed by atoms with Crippen LogP contribution in [0.15, 0.2) is 0 Å². The van der Waals surface area contributed by atoms with Crippen molar-refractivity contribution in [3.05, 3.63) is 0 Å². The molecule has 0 aromatic carbocycles. The predicted octanol–water partition coefficient (Wildman–Crippen LogP) is 2.42. The van der Waals surface area contributed by atoms with Crippen molar-refractivity contribution in [2.75, 3.05) is 13.1 Å². The summed E-state index contributed by atoms with van der Waals surface area (Å²) in [6.45, 7) is 7.16. The highest BCUT2D eigenvalue weighted by atomic mass is 14.9. The summed E-state index contributed by atoms with van der Waals surface area (Å²) in [4.78, 5) is 0. The first kappa shape index (κ1) is 9.05. The van der Waals surface area contributed by atoms with Gasteiger partial charge in [0.05, 0.1) is 0 Å².